The molecule has 0 radical (unpaired) electrons. The van der Waals surface area contributed by atoms with E-state index in [1.165, 1.54) is 6.42 Å². The van der Waals surface area contributed by atoms with Crippen LogP contribution in [0.4, 0.5) is 5.82 Å². The minimum Gasteiger partial charge on any atom is -0.496 e. The van der Waals surface area contributed by atoms with Crippen LogP contribution in [0.5, 0.6) is 5.75 Å². The van der Waals surface area contributed by atoms with E-state index >= 15 is 0 Å². The summed E-state index contributed by atoms with van der Waals surface area (Å²) in [5.74, 6) is 2.65. The molecule has 1 aliphatic heterocycles. The van der Waals surface area contributed by atoms with Gasteiger partial charge in [0, 0.05) is 31.3 Å². The third-order valence-corrected chi connectivity index (χ3v) is 4.67. The highest BCUT2D eigenvalue weighted by molar-refractivity contribution is 5.93. The molecule has 2 heterocycles. The molecule has 1 fully saturated rings. The van der Waals surface area contributed by atoms with Crippen molar-refractivity contribution in [1.29, 1.82) is 0 Å². The zero-order chi connectivity index (χ0) is 18.5. The normalized spacial score (nSPS) is 17.0. The molecular formula is C20H26N4O2. The van der Waals surface area contributed by atoms with E-state index in [2.05, 4.69) is 27.1 Å². The summed E-state index contributed by atoms with van der Waals surface area (Å²) < 4.78 is 5.33. The summed E-state index contributed by atoms with van der Waals surface area (Å²) in [7, 11) is 1.63. The van der Waals surface area contributed by atoms with E-state index in [9.17, 15) is 4.79 Å². The molecule has 6 nitrogen and oxygen atoms in total. The molecule has 26 heavy (non-hydrogen) atoms. The molecule has 6 heteroatoms. The Morgan fingerprint density at radius 1 is 1.35 bits per heavy atom. The van der Waals surface area contributed by atoms with Crippen molar-refractivity contribution in [3.05, 3.63) is 47.4 Å². The summed E-state index contributed by atoms with van der Waals surface area (Å²) in [5.41, 5.74) is 1.33. The van der Waals surface area contributed by atoms with Gasteiger partial charge in [0.2, 0.25) is 0 Å². The van der Waals surface area contributed by atoms with Gasteiger partial charge in [-0.15, -0.1) is 0 Å². The molecule has 1 aliphatic rings. The quantitative estimate of drug-likeness (QED) is 0.894. The third-order valence-electron chi connectivity index (χ3n) is 4.67. The molecular weight excluding hydrogens is 328 g/mol. The number of nitrogens with zero attached hydrogens (tertiary/aromatic N) is 3. The first-order chi connectivity index (χ1) is 12.6. The first-order valence-electron chi connectivity index (χ1n) is 9.07. The van der Waals surface area contributed by atoms with Crippen molar-refractivity contribution in [3.8, 4) is 5.75 Å². The van der Waals surface area contributed by atoms with Crippen molar-refractivity contribution in [3.63, 3.8) is 0 Å². The standard InChI is InChI=1S/C20H26N4O2/c1-14-7-6-10-24(13-14)19-11-17(22-15(2)23-19)20(25)21-12-16-8-4-5-9-18(16)26-3/h4-5,8-9,11,14H,6-7,10,12-13H2,1-3H3,(H,21,25). The molecule has 1 aromatic carbocycles. The van der Waals surface area contributed by atoms with Crippen molar-refractivity contribution in [1.82, 2.24) is 15.3 Å². The minimum absolute atomic E-state index is 0.201. The Hall–Kier alpha value is -2.63. The van der Waals surface area contributed by atoms with Crippen LogP contribution in [0.25, 0.3) is 0 Å². The van der Waals surface area contributed by atoms with Crippen molar-refractivity contribution >= 4 is 11.7 Å². The van der Waals surface area contributed by atoms with Gasteiger partial charge in [0.05, 0.1) is 7.11 Å². The predicted octanol–water partition coefficient (Wildman–Crippen LogP) is 2.96. The van der Waals surface area contributed by atoms with Crippen LogP contribution in [0, 0.1) is 12.8 Å². The molecule has 0 saturated carbocycles. The van der Waals surface area contributed by atoms with E-state index in [4.69, 9.17) is 4.74 Å². The molecule has 0 spiro atoms. The van der Waals surface area contributed by atoms with E-state index in [-0.39, 0.29) is 5.91 Å². The van der Waals surface area contributed by atoms with E-state index in [0.717, 1.165) is 36.6 Å². The fourth-order valence-electron chi connectivity index (χ4n) is 3.34. The Kier molecular flexibility index (Phi) is 5.71. The number of nitrogens with one attached hydrogen (secondary N) is 1. The fourth-order valence-corrected chi connectivity index (χ4v) is 3.34. The second-order valence-electron chi connectivity index (χ2n) is 6.85. The smallest absolute Gasteiger partial charge is 0.270 e. The number of carbonyl (C=O) groups excluding carboxylic acids is 1. The highest BCUT2D eigenvalue weighted by atomic mass is 16.5. The molecule has 1 saturated heterocycles. The largest absolute Gasteiger partial charge is 0.496 e. The molecule has 0 aliphatic carbocycles. The lowest BCUT2D eigenvalue weighted by Gasteiger charge is -2.32. The summed E-state index contributed by atoms with van der Waals surface area (Å²) in [4.78, 5) is 23.7. The Bertz CT molecular complexity index is 778. The summed E-state index contributed by atoms with van der Waals surface area (Å²) in [6, 6.07) is 9.44. The number of para-hydroxylation sites is 1. The topological polar surface area (TPSA) is 67.3 Å². The predicted molar refractivity (Wildman–Crippen MR) is 102 cm³/mol. The lowest BCUT2D eigenvalue weighted by atomic mass is 10.0. The Morgan fingerprint density at radius 2 is 2.15 bits per heavy atom. The lowest BCUT2D eigenvalue weighted by Crippen LogP contribution is -2.35. The number of hydrogen-bond acceptors (Lipinski definition) is 5. The van der Waals surface area contributed by atoms with Crippen molar-refractivity contribution in [2.45, 2.75) is 33.2 Å². The van der Waals surface area contributed by atoms with Crippen LogP contribution >= 0.6 is 0 Å². The number of amides is 1. The highest BCUT2D eigenvalue weighted by Gasteiger charge is 2.20. The van der Waals surface area contributed by atoms with Gasteiger partial charge >= 0.3 is 0 Å². The van der Waals surface area contributed by atoms with Gasteiger partial charge in [-0.05, 0) is 31.7 Å². The second kappa shape index (κ2) is 8.17. The van der Waals surface area contributed by atoms with Gasteiger partial charge in [-0.25, -0.2) is 9.97 Å². The molecule has 2 aromatic rings. The van der Waals surface area contributed by atoms with E-state index in [1.807, 2.05) is 31.2 Å². The molecule has 1 unspecified atom stereocenters. The maximum atomic E-state index is 12.6. The Labute approximate surface area is 154 Å². The van der Waals surface area contributed by atoms with Gasteiger partial charge in [-0.1, -0.05) is 25.1 Å². The number of aryl methyl sites for hydroxylation is 1. The van der Waals surface area contributed by atoms with Crippen LogP contribution in [-0.4, -0.2) is 36.1 Å². The lowest BCUT2D eigenvalue weighted by molar-refractivity contribution is 0.0945. The molecule has 1 atom stereocenters. The molecule has 138 valence electrons. The van der Waals surface area contributed by atoms with E-state index < -0.39 is 0 Å². The van der Waals surface area contributed by atoms with Crippen LogP contribution in [-0.2, 0) is 6.54 Å². The Morgan fingerprint density at radius 3 is 2.92 bits per heavy atom. The maximum Gasteiger partial charge on any atom is 0.270 e. The number of carbonyl (C=O) groups is 1. The van der Waals surface area contributed by atoms with Crippen molar-refractivity contribution in [2.75, 3.05) is 25.1 Å². The van der Waals surface area contributed by atoms with Gasteiger partial charge in [-0.2, -0.15) is 0 Å². The zero-order valence-corrected chi connectivity index (χ0v) is 15.7. The Balaban J connectivity index is 1.73. The van der Waals surface area contributed by atoms with Crippen molar-refractivity contribution in [2.24, 2.45) is 5.92 Å². The highest BCUT2D eigenvalue weighted by Crippen LogP contribution is 2.22. The monoisotopic (exact) mass is 354 g/mol. The molecule has 3 rings (SSSR count). The number of ether oxygens (including phenoxy) is 1. The van der Waals surface area contributed by atoms with Gasteiger partial charge < -0.3 is 15.0 Å². The van der Waals surface area contributed by atoms with Gasteiger partial charge in [0.15, 0.2) is 0 Å². The summed E-state index contributed by atoms with van der Waals surface area (Å²) in [5, 5.41) is 2.93. The first kappa shape index (κ1) is 18.2. The minimum atomic E-state index is -0.201. The summed E-state index contributed by atoms with van der Waals surface area (Å²) >= 11 is 0. The SMILES string of the molecule is COc1ccccc1CNC(=O)c1cc(N2CCCC(C)C2)nc(C)n1. The van der Waals surface area contributed by atoms with E-state index in [1.54, 1.807) is 13.2 Å². The molecule has 0 bridgehead atoms. The number of benzene rings is 1. The van der Waals surface area contributed by atoms with Gasteiger partial charge in [-0.3, -0.25) is 4.79 Å². The summed E-state index contributed by atoms with van der Waals surface area (Å²) in [6.45, 7) is 6.42. The number of rotatable bonds is 5. The number of piperidine rings is 1. The number of methoxy groups -OCH3 is 1. The van der Waals surface area contributed by atoms with Crippen LogP contribution in [0.2, 0.25) is 0 Å². The van der Waals surface area contributed by atoms with Gasteiger partial charge in [0.1, 0.15) is 23.1 Å². The number of aromatic nitrogens is 2. The summed E-state index contributed by atoms with van der Waals surface area (Å²) in [6.07, 6.45) is 2.40. The van der Waals surface area contributed by atoms with Crippen LogP contribution in [0.15, 0.2) is 30.3 Å². The molecule has 1 N–H and O–H groups in total. The van der Waals surface area contributed by atoms with Crippen LogP contribution in [0.3, 0.4) is 0 Å². The fraction of sp³-hybridized carbons (Fsp3) is 0.450. The third kappa shape index (κ3) is 4.31. The van der Waals surface area contributed by atoms with E-state index in [0.29, 0.717) is 24.0 Å². The average Bonchev–Trinajstić information content (AvgIpc) is 2.65. The first-order valence-corrected chi connectivity index (χ1v) is 9.07. The zero-order valence-electron chi connectivity index (χ0n) is 15.7. The van der Waals surface area contributed by atoms with Gasteiger partial charge in [0.25, 0.3) is 5.91 Å². The molecule has 1 amide bonds. The maximum absolute atomic E-state index is 12.6. The average molecular weight is 354 g/mol. The van der Waals surface area contributed by atoms with Crippen LogP contribution in [0.1, 0.15) is 41.6 Å². The number of anilines is 1. The second-order valence-corrected chi connectivity index (χ2v) is 6.85. The molecule has 1 aromatic heterocycles. The number of hydrogen-bond donors (Lipinski definition) is 1. The van der Waals surface area contributed by atoms with Crippen molar-refractivity contribution < 1.29 is 9.53 Å². The van der Waals surface area contributed by atoms with Crippen LogP contribution < -0.4 is 15.0 Å².